The lowest BCUT2D eigenvalue weighted by molar-refractivity contribution is -0.136. The minimum atomic E-state index is -4.73. The van der Waals surface area contributed by atoms with Gasteiger partial charge in [0.2, 0.25) is 12.3 Å². The summed E-state index contributed by atoms with van der Waals surface area (Å²) in [5.41, 5.74) is 1.69. The number of aldehydes is 1. The van der Waals surface area contributed by atoms with Gasteiger partial charge in [0, 0.05) is 127 Å². The maximum atomic E-state index is 14.6. The van der Waals surface area contributed by atoms with E-state index < -0.39 is 17.4 Å². The van der Waals surface area contributed by atoms with Gasteiger partial charge in [-0.2, -0.15) is 13.2 Å². The third-order valence-corrected chi connectivity index (χ3v) is 14.9. The molecule has 2 aliphatic heterocycles. The second-order valence-corrected chi connectivity index (χ2v) is 20.2. The number of hydrogen-bond acceptors (Lipinski definition) is 13. The molecule has 2 saturated heterocycles. The number of allylic oxidation sites excluding steroid dienone is 4. The average molecular weight is 1040 g/mol. The van der Waals surface area contributed by atoms with Crippen LogP contribution in [0.3, 0.4) is 0 Å². The van der Waals surface area contributed by atoms with Crippen molar-refractivity contribution in [3.63, 3.8) is 0 Å². The summed E-state index contributed by atoms with van der Waals surface area (Å²) in [7, 11) is 3.58. The monoisotopic (exact) mass is 1040 g/mol. The molecule has 7 rings (SSSR count). The summed E-state index contributed by atoms with van der Waals surface area (Å²) in [5.74, 6) is 0.343. The van der Waals surface area contributed by atoms with E-state index in [0.29, 0.717) is 69.2 Å². The zero-order valence-electron chi connectivity index (χ0n) is 44.0. The molecular formula is C55H77F3N12O5. The number of piperazine rings is 1. The van der Waals surface area contributed by atoms with Gasteiger partial charge in [0.25, 0.3) is 0 Å². The van der Waals surface area contributed by atoms with E-state index >= 15 is 0 Å². The summed E-state index contributed by atoms with van der Waals surface area (Å²) in [6, 6.07) is 7.18. The maximum absolute atomic E-state index is 14.6. The largest absolute Gasteiger partial charge is 0.418 e. The summed E-state index contributed by atoms with van der Waals surface area (Å²) >= 11 is 0. The number of ether oxygens (including phenoxy) is 1. The lowest BCUT2D eigenvalue weighted by Gasteiger charge is -2.39. The number of hydrogen-bond donors (Lipinski definition) is 3. The first-order chi connectivity index (χ1) is 36.1. The first kappa shape index (κ1) is 58.0. The molecule has 2 aromatic heterocycles. The Kier molecular flexibility index (Phi) is 22.1. The number of nitrogens with zero attached hydrogens (tertiary/aromatic N) is 9. The number of amides is 2. The summed E-state index contributed by atoms with van der Waals surface area (Å²) in [5, 5.41) is 17.8. The zero-order valence-corrected chi connectivity index (χ0v) is 44.0. The number of rotatable bonds is 25. The van der Waals surface area contributed by atoms with Crippen molar-refractivity contribution >= 4 is 54.4 Å². The number of imidazole rings is 1. The molecule has 0 bridgehead atoms. The van der Waals surface area contributed by atoms with Crippen molar-refractivity contribution < 1.29 is 32.3 Å². The van der Waals surface area contributed by atoms with E-state index in [0.717, 1.165) is 99.5 Å². The number of anilines is 1. The predicted octanol–water partition coefficient (Wildman–Crippen LogP) is 7.21. The first-order valence-electron chi connectivity index (χ1n) is 26.3. The molecule has 4 aliphatic rings. The zero-order chi connectivity index (χ0) is 53.9. The Morgan fingerprint density at radius 2 is 1.73 bits per heavy atom. The lowest BCUT2D eigenvalue weighted by Crippen LogP contribution is -2.49. The molecule has 0 radical (unpaired) electrons. The fraction of sp³-hybridized carbons (Fsp3) is 0.545. The minimum Gasteiger partial charge on any atom is -0.378 e. The number of likely N-dealkylation sites (tertiary alicyclic amines) is 1. The van der Waals surface area contributed by atoms with Gasteiger partial charge in [-0.15, -0.1) is 0 Å². The van der Waals surface area contributed by atoms with Crippen LogP contribution in [0.15, 0.2) is 77.1 Å². The molecule has 17 nitrogen and oxygen atoms in total. The van der Waals surface area contributed by atoms with Gasteiger partial charge in [-0.05, 0) is 113 Å². The predicted molar refractivity (Wildman–Crippen MR) is 289 cm³/mol. The molecule has 2 aliphatic carbocycles. The van der Waals surface area contributed by atoms with Crippen LogP contribution in [0, 0.1) is 22.7 Å². The minimum absolute atomic E-state index is 0.0631. The molecule has 408 valence electrons. The number of alkyl halides is 3. The fourth-order valence-electron chi connectivity index (χ4n) is 9.70. The van der Waals surface area contributed by atoms with Crippen LogP contribution in [0.5, 0.6) is 0 Å². The molecule has 2 amide bonds. The van der Waals surface area contributed by atoms with Gasteiger partial charge in [-0.3, -0.25) is 54.3 Å². The molecule has 2 atom stereocenters. The third kappa shape index (κ3) is 17.1. The first-order valence-corrected chi connectivity index (χ1v) is 26.3. The van der Waals surface area contributed by atoms with Crippen molar-refractivity contribution in [3.8, 4) is 0 Å². The van der Waals surface area contributed by atoms with Crippen molar-refractivity contribution in [1.29, 1.82) is 10.8 Å². The Morgan fingerprint density at radius 3 is 2.39 bits per heavy atom. The second-order valence-electron chi connectivity index (χ2n) is 20.2. The number of amidine groups is 1. The molecule has 20 heteroatoms. The number of pyridine rings is 1. The van der Waals surface area contributed by atoms with E-state index in [1.807, 2.05) is 32.2 Å². The van der Waals surface area contributed by atoms with Crippen LogP contribution in [-0.4, -0.2) is 163 Å². The number of halogens is 3. The SMILES string of the molecule is C1CCC1.C=N/C=C\N(CCOCCN1CCC(CN2CCN(c3ccc(C=O)c(CN(C)C(C)CCC(=O)NC=O)c3)CC2)CC1)Cc1cc(C(F)(F)F)c2cn(C3=CC=CC(CC(=N)N(C)C=N)C3)c(=O)n2c1. The highest BCUT2D eigenvalue weighted by Gasteiger charge is 2.35. The summed E-state index contributed by atoms with van der Waals surface area (Å²) < 4.78 is 52.1. The van der Waals surface area contributed by atoms with Gasteiger partial charge in [-0.25, -0.2) is 4.79 Å². The molecule has 1 aromatic carbocycles. The van der Waals surface area contributed by atoms with Gasteiger partial charge in [0.1, 0.15) is 12.1 Å². The van der Waals surface area contributed by atoms with Crippen LogP contribution in [0.2, 0.25) is 0 Å². The third-order valence-electron chi connectivity index (χ3n) is 14.9. The van der Waals surface area contributed by atoms with Crippen molar-refractivity contribution in [2.24, 2.45) is 16.8 Å². The molecule has 4 heterocycles. The number of aromatic nitrogens is 2. The molecule has 3 aromatic rings. The van der Waals surface area contributed by atoms with E-state index in [1.54, 1.807) is 30.3 Å². The van der Waals surface area contributed by atoms with Crippen LogP contribution in [-0.2, 0) is 33.6 Å². The number of fused-ring (bicyclic) bond motifs is 1. The number of carbonyl (C=O) groups excluding carboxylic acids is 3. The highest BCUT2D eigenvalue weighted by Crippen LogP contribution is 2.35. The van der Waals surface area contributed by atoms with Crippen molar-refractivity contribution in [2.45, 2.75) is 96.4 Å². The average Bonchev–Trinajstić information content (AvgIpc) is 3.71. The Morgan fingerprint density at radius 1 is 1.00 bits per heavy atom. The van der Waals surface area contributed by atoms with E-state index in [4.69, 9.17) is 15.6 Å². The number of imide groups is 1. The van der Waals surface area contributed by atoms with Gasteiger partial charge >= 0.3 is 11.9 Å². The molecule has 75 heavy (non-hydrogen) atoms. The van der Waals surface area contributed by atoms with Crippen molar-refractivity contribution in [3.05, 3.63) is 100 Å². The molecule has 3 N–H and O–H groups in total. The van der Waals surface area contributed by atoms with Crippen LogP contribution in [0.1, 0.15) is 98.2 Å². The van der Waals surface area contributed by atoms with Gasteiger partial charge in [-0.1, -0.05) is 37.8 Å². The van der Waals surface area contributed by atoms with E-state index in [2.05, 4.69) is 42.7 Å². The van der Waals surface area contributed by atoms with E-state index in [9.17, 15) is 32.3 Å². The van der Waals surface area contributed by atoms with E-state index in [-0.39, 0.29) is 47.7 Å². The van der Waals surface area contributed by atoms with Gasteiger partial charge in [0.15, 0.2) is 0 Å². The van der Waals surface area contributed by atoms with Crippen LogP contribution < -0.4 is 15.9 Å². The number of carbonyl (C=O) groups is 3. The fourth-order valence-corrected chi connectivity index (χ4v) is 9.70. The Hall–Kier alpha value is -6.22. The van der Waals surface area contributed by atoms with Gasteiger partial charge < -0.3 is 24.3 Å². The van der Waals surface area contributed by atoms with Crippen molar-refractivity contribution in [1.82, 2.24) is 38.8 Å². The molecular weight excluding hydrogens is 966 g/mol. The number of benzene rings is 1. The Balaban J connectivity index is 0.00000218. The molecule has 3 fully saturated rings. The number of piperidine rings is 1. The van der Waals surface area contributed by atoms with Gasteiger partial charge in [0.05, 0.1) is 30.6 Å². The molecule has 1 saturated carbocycles. The van der Waals surface area contributed by atoms with Crippen LogP contribution >= 0.6 is 0 Å². The Bertz CT molecular complexity index is 2550. The molecule has 2 unspecified atom stereocenters. The normalized spacial score (nSPS) is 18.0. The highest BCUT2D eigenvalue weighted by molar-refractivity contribution is 5.89. The lowest BCUT2D eigenvalue weighted by atomic mass is 9.94. The second kappa shape index (κ2) is 28.6. The maximum Gasteiger partial charge on any atom is 0.418 e. The standard InChI is InChI=1S/C51H69F3N12O5.C4H8/c1-38(8-11-49(69)58-37-68)59(3)33-43-29-44(10-9-42(43)35-67)64-20-18-63(19-21-64)30-39-12-15-61(16-13-39)22-24-71-25-23-62(17-14-57-2)31-41-27-46(51(52,53)54)47-34-65(50(70)66(47)32-41)45-7-5-6-40(26-45)28-48(56)60(4)36-55;1-2-4-3-1/h5-7,9-10,14,17,27,29,32,34-40,55-56H,2,8,11-13,15-16,18-26,28,30-31,33H2,1,3-4H3,(H,58,68,69);1-4H2/b17-14-,55-36?,56-48?;. The highest BCUT2D eigenvalue weighted by atomic mass is 19.4. The smallest absolute Gasteiger partial charge is 0.378 e. The molecule has 0 spiro atoms. The van der Waals surface area contributed by atoms with E-state index in [1.165, 1.54) is 53.7 Å². The topological polar surface area (TPSA) is 178 Å². The number of nitrogens with one attached hydrogen (secondary N) is 3. The Labute approximate surface area is 439 Å². The summed E-state index contributed by atoms with van der Waals surface area (Å²) in [4.78, 5) is 64.4. The number of aliphatic imine (C=N–C) groups is 1. The van der Waals surface area contributed by atoms with Crippen molar-refractivity contribution in [2.75, 3.05) is 91.1 Å². The summed E-state index contributed by atoms with van der Waals surface area (Å²) in [6.07, 6.45) is 18.4. The quantitative estimate of drug-likeness (QED) is 0.0338. The van der Waals surface area contributed by atoms with Crippen LogP contribution in [0.4, 0.5) is 18.9 Å². The summed E-state index contributed by atoms with van der Waals surface area (Å²) in [6.45, 7) is 14.8. The van der Waals surface area contributed by atoms with Crippen LogP contribution in [0.25, 0.3) is 11.2 Å².